The van der Waals surface area contributed by atoms with Gasteiger partial charge >= 0.3 is 5.97 Å². The minimum Gasteiger partial charge on any atom is -0.506 e. The Kier molecular flexibility index (Phi) is 6.15. The number of hydrogen-bond acceptors (Lipinski definition) is 4. The number of halogens is 1. The molecule has 2 aromatic heterocycles. The van der Waals surface area contributed by atoms with E-state index >= 15 is 0 Å². The number of benzene rings is 2. The van der Waals surface area contributed by atoms with Crippen LogP contribution in [0.3, 0.4) is 0 Å². The number of rotatable bonds is 5. The second-order valence-electron chi connectivity index (χ2n) is 8.65. The summed E-state index contributed by atoms with van der Waals surface area (Å²) in [5.41, 5.74) is 5.04. The highest BCUT2D eigenvalue weighted by atomic mass is 35.5. The number of hydrogen-bond donors (Lipinski definition) is 3. The number of carboxylic acids is 1. The molecule has 3 heterocycles. The molecule has 2 atom stereocenters. The first-order valence-corrected chi connectivity index (χ1v) is 12.1. The Morgan fingerprint density at radius 2 is 1.89 bits per heavy atom. The average molecular weight is 519 g/mol. The van der Waals surface area contributed by atoms with Crippen molar-refractivity contribution in [2.24, 2.45) is 0 Å². The summed E-state index contributed by atoms with van der Waals surface area (Å²) in [7, 11) is 0. The van der Waals surface area contributed by atoms with E-state index in [4.69, 9.17) is 23.8 Å². The summed E-state index contributed by atoms with van der Waals surface area (Å²) >= 11 is 12.1. The Morgan fingerprint density at radius 1 is 1.08 bits per heavy atom. The summed E-state index contributed by atoms with van der Waals surface area (Å²) in [6.07, 6.45) is 1.73. The maximum absolute atomic E-state index is 11.6. The lowest BCUT2D eigenvalue weighted by atomic mass is 9.96. The number of phenolic OH excluding ortho intramolecular Hbond substituents is 1. The summed E-state index contributed by atoms with van der Waals surface area (Å²) < 4.78 is 2.02. The van der Waals surface area contributed by atoms with E-state index in [1.54, 1.807) is 42.6 Å². The molecule has 0 aliphatic carbocycles. The van der Waals surface area contributed by atoms with Crippen molar-refractivity contribution >= 4 is 40.6 Å². The fourth-order valence-corrected chi connectivity index (χ4v) is 5.39. The van der Waals surface area contributed by atoms with Crippen molar-refractivity contribution in [1.29, 1.82) is 0 Å². The highest BCUT2D eigenvalue weighted by Crippen LogP contribution is 2.46. The number of thiocarbonyl (C=S) groups is 1. The van der Waals surface area contributed by atoms with Gasteiger partial charge in [-0.05, 0) is 86.2 Å². The van der Waals surface area contributed by atoms with E-state index in [-0.39, 0.29) is 23.4 Å². The molecular formula is C27H23ClN4O3S. The SMILES string of the molecule is Cc1cc([C@@H]2[C@H](c3ccccn3)NC(=S)N2c2cc(Cl)ccc2O)c(C)n1-c1cccc(C(=O)O)c1. The zero-order chi connectivity index (χ0) is 25.6. The van der Waals surface area contributed by atoms with Crippen molar-refractivity contribution in [2.45, 2.75) is 25.9 Å². The second-order valence-corrected chi connectivity index (χ2v) is 9.47. The van der Waals surface area contributed by atoms with Gasteiger partial charge in [0.2, 0.25) is 0 Å². The molecule has 1 saturated heterocycles. The number of aromatic carboxylic acids is 1. The predicted octanol–water partition coefficient (Wildman–Crippen LogP) is 5.72. The molecule has 0 spiro atoms. The number of pyridine rings is 1. The van der Waals surface area contributed by atoms with E-state index in [0.29, 0.717) is 15.8 Å². The van der Waals surface area contributed by atoms with Crippen molar-refractivity contribution in [1.82, 2.24) is 14.9 Å². The van der Waals surface area contributed by atoms with E-state index < -0.39 is 5.97 Å². The van der Waals surface area contributed by atoms with Gasteiger partial charge in [-0.3, -0.25) is 4.98 Å². The number of nitrogens with zero attached hydrogens (tertiary/aromatic N) is 3. The summed E-state index contributed by atoms with van der Waals surface area (Å²) in [5, 5.41) is 24.5. The first kappa shape index (κ1) is 23.8. The van der Waals surface area contributed by atoms with Gasteiger partial charge in [-0.25, -0.2) is 4.79 Å². The summed E-state index contributed by atoms with van der Waals surface area (Å²) in [5.74, 6) is -0.930. The van der Waals surface area contributed by atoms with Crippen LogP contribution in [-0.4, -0.2) is 30.8 Å². The molecule has 0 radical (unpaired) electrons. The number of carboxylic acid groups (broad SMARTS) is 1. The molecule has 0 amide bonds. The van der Waals surface area contributed by atoms with Crippen LogP contribution in [0.2, 0.25) is 5.02 Å². The van der Waals surface area contributed by atoms with Crippen LogP contribution in [0.25, 0.3) is 5.69 Å². The molecule has 2 aromatic carbocycles. The first-order valence-electron chi connectivity index (χ1n) is 11.3. The first-order chi connectivity index (χ1) is 17.3. The Morgan fingerprint density at radius 3 is 2.61 bits per heavy atom. The highest BCUT2D eigenvalue weighted by molar-refractivity contribution is 7.80. The van der Waals surface area contributed by atoms with Crippen LogP contribution in [0.15, 0.2) is 72.9 Å². The lowest BCUT2D eigenvalue weighted by Crippen LogP contribution is -2.29. The maximum atomic E-state index is 11.6. The second kappa shape index (κ2) is 9.29. The van der Waals surface area contributed by atoms with Gasteiger partial charge in [0.15, 0.2) is 5.11 Å². The molecule has 36 heavy (non-hydrogen) atoms. The van der Waals surface area contributed by atoms with Gasteiger partial charge in [0.05, 0.1) is 29.0 Å². The normalized spacial score (nSPS) is 17.3. The van der Waals surface area contributed by atoms with Crippen LogP contribution < -0.4 is 10.2 Å². The number of nitrogens with one attached hydrogen (secondary N) is 1. The van der Waals surface area contributed by atoms with Gasteiger partial charge in [0, 0.05) is 28.3 Å². The molecule has 7 nitrogen and oxygen atoms in total. The third kappa shape index (κ3) is 4.08. The smallest absolute Gasteiger partial charge is 0.335 e. The van der Waals surface area contributed by atoms with Gasteiger partial charge in [-0.2, -0.15) is 0 Å². The molecule has 4 aromatic rings. The number of aryl methyl sites for hydroxylation is 1. The standard InChI is InChI=1S/C27H23ClN4O3S/c1-15-12-20(16(2)31(15)19-7-5-6-17(13-19)26(34)35)25-24(21-8-3-4-11-29-21)30-27(36)32(25)22-14-18(28)9-10-23(22)33/h3-14,24-25,33H,1-2H3,(H,30,36)(H,34,35)/t24-,25+/m0/s1. The molecule has 1 aliphatic heterocycles. The summed E-state index contributed by atoms with van der Waals surface area (Å²) in [6.45, 7) is 3.96. The minimum atomic E-state index is -0.984. The van der Waals surface area contributed by atoms with Crippen molar-refractivity contribution < 1.29 is 15.0 Å². The maximum Gasteiger partial charge on any atom is 0.335 e. The molecule has 0 unspecified atom stereocenters. The largest absolute Gasteiger partial charge is 0.506 e. The fraction of sp³-hybridized carbons (Fsp3) is 0.148. The van der Waals surface area contributed by atoms with Crippen LogP contribution >= 0.6 is 23.8 Å². The van der Waals surface area contributed by atoms with Gasteiger partial charge in [-0.1, -0.05) is 23.7 Å². The van der Waals surface area contributed by atoms with Crippen LogP contribution in [0.5, 0.6) is 5.75 Å². The molecule has 182 valence electrons. The summed E-state index contributed by atoms with van der Waals surface area (Å²) in [6, 6.07) is 18.8. The molecule has 3 N–H and O–H groups in total. The average Bonchev–Trinajstić information content (AvgIpc) is 3.36. The quantitative estimate of drug-likeness (QED) is 0.291. The Bertz CT molecular complexity index is 1490. The molecule has 9 heteroatoms. The van der Waals surface area contributed by atoms with E-state index in [0.717, 1.165) is 28.3 Å². The lowest BCUT2D eigenvalue weighted by Gasteiger charge is -2.28. The predicted molar refractivity (Wildman–Crippen MR) is 143 cm³/mol. The van der Waals surface area contributed by atoms with Crippen molar-refractivity contribution in [2.75, 3.05) is 4.90 Å². The van der Waals surface area contributed by atoms with Crippen molar-refractivity contribution in [3.8, 4) is 11.4 Å². The van der Waals surface area contributed by atoms with Gasteiger partial charge in [-0.15, -0.1) is 0 Å². The van der Waals surface area contributed by atoms with Crippen LogP contribution in [-0.2, 0) is 0 Å². The van der Waals surface area contributed by atoms with Crippen molar-refractivity contribution in [3.05, 3.63) is 106 Å². The van der Waals surface area contributed by atoms with Gasteiger partial charge in [0.1, 0.15) is 5.75 Å². The van der Waals surface area contributed by atoms with Crippen molar-refractivity contribution in [3.63, 3.8) is 0 Å². The van der Waals surface area contributed by atoms with Gasteiger partial charge in [0.25, 0.3) is 0 Å². The number of carbonyl (C=O) groups is 1. The zero-order valence-electron chi connectivity index (χ0n) is 19.5. The Balaban J connectivity index is 1.70. The third-order valence-corrected chi connectivity index (χ3v) is 6.98. The Hall–Kier alpha value is -3.88. The topological polar surface area (TPSA) is 90.6 Å². The molecule has 5 rings (SSSR count). The van der Waals surface area contributed by atoms with Crippen LogP contribution in [0.1, 0.15) is 45.1 Å². The molecular weight excluding hydrogens is 496 g/mol. The van der Waals surface area contributed by atoms with E-state index in [1.165, 1.54) is 0 Å². The number of anilines is 1. The number of phenols is 1. The lowest BCUT2D eigenvalue weighted by molar-refractivity contribution is 0.0697. The van der Waals surface area contributed by atoms with Crippen LogP contribution in [0.4, 0.5) is 5.69 Å². The number of aromatic nitrogens is 2. The van der Waals surface area contributed by atoms with E-state index in [2.05, 4.69) is 16.4 Å². The van der Waals surface area contributed by atoms with Crippen LogP contribution in [0, 0.1) is 13.8 Å². The number of aromatic hydroxyl groups is 1. The molecule has 0 bridgehead atoms. The zero-order valence-corrected chi connectivity index (χ0v) is 21.1. The molecule has 0 saturated carbocycles. The van der Waals surface area contributed by atoms with Gasteiger partial charge < -0.3 is 25.0 Å². The summed E-state index contributed by atoms with van der Waals surface area (Å²) in [4.78, 5) is 18.0. The third-order valence-electron chi connectivity index (χ3n) is 6.44. The van der Waals surface area contributed by atoms with E-state index in [1.807, 2.05) is 47.6 Å². The molecule has 1 aliphatic rings. The monoisotopic (exact) mass is 518 g/mol. The van der Waals surface area contributed by atoms with E-state index in [9.17, 15) is 15.0 Å². The fourth-order valence-electron chi connectivity index (χ4n) is 4.88. The molecule has 1 fully saturated rings. The minimum absolute atomic E-state index is 0.0539. The Labute approximate surface area is 218 Å². The highest BCUT2D eigenvalue weighted by Gasteiger charge is 2.43.